The third-order valence-electron chi connectivity index (χ3n) is 4.42. The van der Waals surface area contributed by atoms with E-state index in [2.05, 4.69) is 29.3 Å². The molecule has 1 heterocycles. The van der Waals surface area contributed by atoms with Gasteiger partial charge in [-0.05, 0) is 63.3 Å². The molecule has 1 amide bonds. The topological polar surface area (TPSA) is 41.6 Å². The van der Waals surface area contributed by atoms with Crippen molar-refractivity contribution in [1.82, 2.24) is 10.2 Å². The fourth-order valence-corrected chi connectivity index (χ4v) is 3.15. The summed E-state index contributed by atoms with van der Waals surface area (Å²) in [5.74, 6) is 0.793. The molecule has 1 aliphatic heterocycles. The fourth-order valence-electron chi connectivity index (χ4n) is 3.15. The molecule has 0 unspecified atom stereocenters. The molecule has 1 atom stereocenters. The summed E-state index contributed by atoms with van der Waals surface area (Å²) in [5.41, 5.74) is 2.02. The number of carbonyl (C=O) groups excluding carboxylic acids is 1. The lowest BCUT2D eigenvalue weighted by atomic mass is 9.99. The molecule has 1 N–H and O–H groups in total. The number of carbonyl (C=O) groups is 1. The monoisotopic (exact) mass is 332 g/mol. The summed E-state index contributed by atoms with van der Waals surface area (Å²) in [6.07, 6.45) is 3.73. The SMILES string of the molecule is CC(C)OCCCNC(=O)c1ccc(CN2CCC[C@H](C)C2)cc1. The van der Waals surface area contributed by atoms with Crippen LogP contribution in [0.2, 0.25) is 0 Å². The molecule has 1 aromatic rings. The minimum atomic E-state index is -0.00214. The lowest BCUT2D eigenvalue weighted by Crippen LogP contribution is -2.33. The van der Waals surface area contributed by atoms with E-state index in [4.69, 9.17) is 4.74 Å². The Labute approximate surface area is 146 Å². The molecule has 1 aromatic carbocycles. The lowest BCUT2D eigenvalue weighted by molar-refractivity contribution is 0.0757. The first-order valence-electron chi connectivity index (χ1n) is 9.25. The number of piperidine rings is 1. The zero-order valence-electron chi connectivity index (χ0n) is 15.4. The van der Waals surface area contributed by atoms with Crippen LogP contribution in [0.25, 0.3) is 0 Å². The molecule has 24 heavy (non-hydrogen) atoms. The van der Waals surface area contributed by atoms with E-state index < -0.39 is 0 Å². The molecule has 4 heteroatoms. The van der Waals surface area contributed by atoms with E-state index in [-0.39, 0.29) is 12.0 Å². The molecule has 1 fully saturated rings. The summed E-state index contributed by atoms with van der Waals surface area (Å²) < 4.78 is 5.47. The van der Waals surface area contributed by atoms with Crippen LogP contribution in [0.4, 0.5) is 0 Å². The Balaban J connectivity index is 1.73. The molecule has 0 aromatic heterocycles. The highest BCUT2D eigenvalue weighted by Gasteiger charge is 2.16. The van der Waals surface area contributed by atoms with E-state index in [1.165, 1.54) is 31.5 Å². The Morgan fingerprint density at radius 1 is 1.33 bits per heavy atom. The van der Waals surface area contributed by atoms with Crippen LogP contribution in [0.15, 0.2) is 24.3 Å². The summed E-state index contributed by atoms with van der Waals surface area (Å²) in [7, 11) is 0. The number of rotatable bonds is 8. The predicted molar refractivity (Wildman–Crippen MR) is 98.2 cm³/mol. The summed E-state index contributed by atoms with van der Waals surface area (Å²) in [4.78, 5) is 14.6. The van der Waals surface area contributed by atoms with Crippen molar-refractivity contribution in [2.45, 2.75) is 52.7 Å². The zero-order valence-corrected chi connectivity index (χ0v) is 15.4. The number of benzene rings is 1. The molecule has 0 bridgehead atoms. The Morgan fingerprint density at radius 3 is 2.75 bits per heavy atom. The molecule has 0 spiro atoms. The van der Waals surface area contributed by atoms with E-state index in [0.717, 1.165) is 24.4 Å². The average Bonchev–Trinajstić information content (AvgIpc) is 2.55. The van der Waals surface area contributed by atoms with E-state index in [0.29, 0.717) is 13.2 Å². The van der Waals surface area contributed by atoms with Gasteiger partial charge in [-0.2, -0.15) is 0 Å². The van der Waals surface area contributed by atoms with Gasteiger partial charge in [-0.3, -0.25) is 9.69 Å². The second kappa shape index (κ2) is 9.80. The van der Waals surface area contributed by atoms with Gasteiger partial charge in [0.25, 0.3) is 5.91 Å². The first-order valence-corrected chi connectivity index (χ1v) is 9.25. The first kappa shape index (κ1) is 18.9. The normalized spacial score (nSPS) is 18.8. The third kappa shape index (κ3) is 6.62. The van der Waals surface area contributed by atoms with E-state index in [1.807, 2.05) is 26.0 Å². The van der Waals surface area contributed by atoms with Crippen molar-refractivity contribution in [2.24, 2.45) is 5.92 Å². The highest BCUT2D eigenvalue weighted by atomic mass is 16.5. The number of ether oxygens (including phenoxy) is 1. The Morgan fingerprint density at radius 2 is 2.08 bits per heavy atom. The van der Waals surface area contributed by atoms with Gasteiger partial charge >= 0.3 is 0 Å². The van der Waals surface area contributed by atoms with Crippen LogP contribution in [-0.2, 0) is 11.3 Å². The maximum atomic E-state index is 12.1. The van der Waals surface area contributed by atoms with Gasteiger partial charge in [-0.15, -0.1) is 0 Å². The van der Waals surface area contributed by atoms with Crippen molar-refractivity contribution < 1.29 is 9.53 Å². The highest BCUT2D eigenvalue weighted by Crippen LogP contribution is 2.18. The van der Waals surface area contributed by atoms with Gasteiger partial charge in [0.2, 0.25) is 0 Å². The Bertz CT molecular complexity index is 499. The minimum absolute atomic E-state index is 0.00214. The summed E-state index contributed by atoms with van der Waals surface area (Å²) in [6.45, 7) is 11.1. The zero-order chi connectivity index (χ0) is 17.4. The van der Waals surface area contributed by atoms with Gasteiger partial charge in [0, 0.05) is 31.8 Å². The van der Waals surface area contributed by atoms with Crippen LogP contribution in [0.1, 0.15) is 56.0 Å². The summed E-state index contributed by atoms with van der Waals surface area (Å²) in [6, 6.07) is 8.03. The van der Waals surface area contributed by atoms with Gasteiger partial charge in [0.1, 0.15) is 0 Å². The van der Waals surface area contributed by atoms with Crippen LogP contribution in [0.5, 0.6) is 0 Å². The molecule has 0 radical (unpaired) electrons. The fraction of sp³-hybridized carbons (Fsp3) is 0.650. The second-order valence-corrected chi connectivity index (χ2v) is 7.21. The maximum Gasteiger partial charge on any atom is 0.251 e. The van der Waals surface area contributed by atoms with Crippen molar-refractivity contribution in [2.75, 3.05) is 26.2 Å². The van der Waals surface area contributed by atoms with Crippen LogP contribution in [0, 0.1) is 5.92 Å². The first-order chi connectivity index (χ1) is 11.5. The molecule has 1 saturated heterocycles. The number of likely N-dealkylation sites (tertiary alicyclic amines) is 1. The van der Waals surface area contributed by atoms with Gasteiger partial charge < -0.3 is 10.1 Å². The van der Waals surface area contributed by atoms with Gasteiger partial charge in [-0.1, -0.05) is 19.1 Å². The largest absolute Gasteiger partial charge is 0.379 e. The number of hydrogen-bond donors (Lipinski definition) is 1. The third-order valence-corrected chi connectivity index (χ3v) is 4.42. The molecule has 134 valence electrons. The van der Waals surface area contributed by atoms with Crippen molar-refractivity contribution in [3.05, 3.63) is 35.4 Å². The average molecular weight is 332 g/mol. The van der Waals surface area contributed by atoms with Gasteiger partial charge in [0.05, 0.1) is 6.10 Å². The molecule has 2 rings (SSSR count). The Kier molecular flexibility index (Phi) is 7.73. The standard InChI is InChI=1S/C20H32N2O2/c1-16(2)24-13-5-11-21-20(23)19-9-7-18(8-10-19)15-22-12-4-6-17(3)14-22/h7-10,16-17H,4-6,11-15H2,1-3H3,(H,21,23)/t17-/m0/s1. The van der Waals surface area contributed by atoms with Crippen molar-refractivity contribution >= 4 is 5.91 Å². The van der Waals surface area contributed by atoms with Gasteiger partial charge in [0.15, 0.2) is 0 Å². The van der Waals surface area contributed by atoms with Crippen LogP contribution in [-0.4, -0.2) is 43.2 Å². The second-order valence-electron chi connectivity index (χ2n) is 7.21. The van der Waals surface area contributed by atoms with Crippen LogP contribution < -0.4 is 5.32 Å². The molecular formula is C20H32N2O2. The summed E-state index contributed by atoms with van der Waals surface area (Å²) in [5, 5.41) is 2.95. The summed E-state index contributed by atoms with van der Waals surface area (Å²) >= 11 is 0. The van der Waals surface area contributed by atoms with Gasteiger partial charge in [-0.25, -0.2) is 0 Å². The van der Waals surface area contributed by atoms with Crippen molar-refractivity contribution in [3.8, 4) is 0 Å². The molecule has 1 aliphatic rings. The molecular weight excluding hydrogens is 300 g/mol. The number of hydrogen-bond acceptors (Lipinski definition) is 3. The highest BCUT2D eigenvalue weighted by molar-refractivity contribution is 5.94. The molecule has 0 aliphatic carbocycles. The van der Waals surface area contributed by atoms with Crippen molar-refractivity contribution in [1.29, 1.82) is 0 Å². The minimum Gasteiger partial charge on any atom is -0.379 e. The number of nitrogens with zero attached hydrogens (tertiary/aromatic N) is 1. The number of nitrogens with one attached hydrogen (secondary N) is 1. The van der Waals surface area contributed by atoms with E-state index >= 15 is 0 Å². The van der Waals surface area contributed by atoms with Crippen molar-refractivity contribution in [3.63, 3.8) is 0 Å². The van der Waals surface area contributed by atoms with E-state index in [1.54, 1.807) is 0 Å². The molecule has 0 saturated carbocycles. The quantitative estimate of drug-likeness (QED) is 0.741. The predicted octanol–water partition coefficient (Wildman–Crippen LogP) is 3.46. The molecule has 4 nitrogen and oxygen atoms in total. The van der Waals surface area contributed by atoms with Crippen LogP contribution in [0.3, 0.4) is 0 Å². The Hall–Kier alpha value is -1.39. The lowest BCUT2D eigenvalue weighted by Gasteiger charge is -2.30. The van der Waals surface area contributed by atoms with E-state index in [9.17, 15) is 4.79 Å². The van der Waals surface area contributed by atoms with Crippen LogP contribution >= 0.6 is 0 Å². The smallest absolute Gasteiger partial charge is 0.251 e. The maximum absolute atomic E-state index is 12.1. The number of amides is 1.